The quantitative estimate of drug-likeness (QED) is 0.408. The molecule has 1 aliphatic carbocycles. The van der Waals surface area contributed by atoms with Crippen molar-refractivity contribution < 1.29 is 9.18 Å². The maximum atomic E-state index is 14.6. The van der Waals surface area contributed by atoms with Crippen LogP contribution < -0.4 is 10.6 Å². The number of thiophene rings is 1. The minimum Gasteiger partial charge on any atom is -0.353 e. The van der Waals surface area contributed by atoms with Crippen LogP contribution in [-0.2, 0) is 4.79 Å². The van der Waals surface area contributed by atoms with Crippen LogP contribution in [0.3, 0.4) is 0 Å². The van der Waals surface area contributed by atoms with E-state index >= 15 is 0 Å². The molecule has 1 aromatic carbocycles. The van der Waals surface area contributed by atoms with Gasteiger partial charge in [0.1, 0.15) is 22.8 Å². The molecular weight excluding hydrogens is 433 g/mol. The average molecular weight is 454 g/mol. The van der Waals surface area contributed by atoms with Crippen molar-refractivity contribution in [3.63, 3.8) is 0 Å². The smallest absolute Gasteiger partial charge is 0.219 e. The van der Waals surface area contributed by atoms with Crippen LogP contribution in [0.25, 0.3) is 26.0 Å². The van der Waals surface area contributed by atoms with Gasteiger partial charge in [-0.3, -0.25) is 4.79 Å². The van der Waals surface area contributed by atoms with Crippen molar-refractivity contribution >= 4 is 66.1 Å². The maximum absolute atomic E-state index is 14.6. The second kappa shape index (κ2) is 8.32. The number of amides is 1. The van der Waals surface area contributed by atoms with Gasteiger partial charge in [0.2, 0.25) is 5.91 Å². The van der Waals surface area contributed by atoms with Gasteiger partial charge in [0.15, 0.2) is 0 Å². The monoisotopic (exact) mass is 453 g/mol. The Morgan fingerprint density at radius 2 is 2.16 bits per heavy atom. The Balaban J connectivity index is 1.41. The van der Waals surface area contributed by atoms with Crippen LogP contribution >= 0.6 is 22.7 Å². The molecule has 0 aliphatic heterocycles. The fraction of sp³-hybridized carbons (Fsp3) is 0.273. The lowest BCUT2D eigenvalue weighted by Crippen LogP contribution is -2.35. The van der Waals surface area contributed by atoms with Crippen molar-refractivity contribution in [2.75, 3.05) is 5.32 Å². The average Bonchev–Trinajstić information content (AvgIpc) is 3.41. The van der Waals surface area contributed by atoms with E-state index in [9.17, 15) is 9.18 Å². The van der Waals surface area contributed by atoms with Crippen molar-refractivity contribution in [2.45, 2.75) is 38.6 Å². The number of anilines is 2. The zero-order valence-corrected chi connectivity index (χ0v) is 18.4. The van der Waals surface area contributed by atoms with Gasteiger partial charge in [-0.2, -0.15) is 0 Å². The Kier molecular flexibility index (Phi) is 5.37. The maximum Gasteiger partial charge on any atom is 0.219 e. The summed E-state index contributed by atoms with van der Waals surface area (Å²) in [7, 11) is 0. The van der Waals surface area contributed by atoms with Gasteiger partial charge in [-0.25, -0.2) is 19.3 Å². The van der Waals surface area contributed by atoms with Crippen LogP contribution in [0.2, 0.25) is 0 Å². The van der Waals surface area contributed by atoms with E-state index in [2.05, 4.69) is 37.7 Å². The SMILES string of the molecule is CCC(=O)NC1CC=C(c2cc3c(Nc4cc5ncsc5cc4F)ncnc3s2)CC1. The third kappa shape index (κ3) is 4.03. The molecule has 5 rings (SSSR count). The topological polar surface area (TPSA) is 79.8 Å². The molecule has 1 atom stereocenters. The van der Waals surface area contributed by atoms with E-state index in [4.69, 9.17) is 0 Å². The highest BCUT2D eigenvalue weighted by atomic mass is 32.1. The summed E-state index contributed by atoms with van der Waals surface area (Å²) in [6.07, 6.45) is 6.84. The third-order valence-corrected chi connectivity index (χ3v) is 7.33. The molecule has 0 spiro atoms. The molecule has 0 radical (unpaired) electrons. The Morgan fingerprint density at radius 1 is 1.26 bits per heavy atom. The minimum atomic E-state index is -0.339. The zero-order valence-electron chi connectivity index (χ0n) is 16.8. The number of aromatic nitrogens is 3. The largest absolute Gasteiger partial charge is 0.353 e. The molecule has 9 heteroatoms. The zero-order chi connectivity index (χ0) is 21.4. The molecule has 2 N–H and O–H groups in total. The summed E-state index contributed by atoms with van der Waals surface area (Å²) in [5.41, 5.74) is 4.06. The van der Waals surface area contributed by atoms with Crippen LogP contribution in [0.15, 0.2) is 36.1 Å². The predicted molar refractivity (Wildman–Crippen MR) is 124 cm³/mol. The van der Waals surface area contributed by atoms with E-state index in [0.717, 1.165) is 44.6 Å². The number of nitrogens with zero attached hydrogens (tertiary/aromatic N) is 3. The minimum absolute atomic E-state index is 0.0952. The first-order valence-electron chi connectivity index (χ1n) is 10.1. The van der Waals surface area contributed by atoms with Crippen molar-refractivity contribution in [1.29, 1.82) is 0 Å². The van der Waals surface area contributed by atoms with E-state index in [1.165, 1.54) is 29.3 Å². The molecule has 0 bridgehead atoms. The van der Waals surface area contributed by atoms with Crippen LogP contribution in [0.4, 0.5) is 15.9 Å². The van der Waals surface area contributed by atoms with Gasteiger partial charge < -0.3 is 10.6 Å². The first kappa shape index (κ1) is 20.0. The Hall–Kier alpha value is -2.91. The van der Waals surface area contributed by atoms with Crippen LogP contribution in [0, 0.1) is 5.82 Å². The van der Waals surface area contributed by atoms with E-state index in [0.29, 0.717) is 17.9 Å². The molecule has 158 valence electrons. The summed E-state index contributed by atoms with van der Waals surface area (Å²) < 4.78 is 15.4. The summed E-state index contributed by atoms with van der Waals surface area (Å²) in [6, 6.07) is 5.47. The fourth-order valence-corrected chi connectivity index (χ4v) is 5.49. The molecule has 6 nitrogen and oxygen atoms in total. The van der Waals surface area contributed by atoms with E-state index in [1.54, 1.807) is 22.9 Å². The Bertz CT molecular complexity index is 1310. The highest BCUT2D eigenvalue weighted by Crippen LogP contribution is 2.37. The number of allylic oxidation sites excluding steroid dienone is 1. The molecule has 1 amide bonds. The van der Waals surface area contributed by atoms with Crippen LogP contribution in [-0.4, -0.2) is 26.9 Å². The molecule has 0 saturated heterocycles. The number of nitrogens with one attached hydrogen (secondary N) is 2. The van der Waals surface area contributed by atoms with Crippen molar-refractivity contribution in [3.8, 4) is 0 Å². The lowest BCUT2D eigenvalue weighted by atomic mass is 9.94. The molecule has 1 unspecified atom stereocenters. The van der Waals surface area contributed by atoms with Gasteiger partial charge in [-0.15, -0.1) is 22.7 Å². The second-order valence-corrected chi connectivity index (χ2v) is 9.37. The number of halogens is 1. The number of carbonyl (C=O) groups excluding carboxylic acids is 1. The van der Waals surface area contributed by atoms with E-state index in [1.807, 2.05) is 6.92 Å². The second-order valence-electron chi connectivity index (χ2n) is 7.45. The van der Waals surface area contributed by atoms with E-state index in [-0.39, 0.29) is 17.8 Å². The first-order chi connectivity index (χ1) is 15.1. The number of rotatable bonds is 5. The molecule has 4 aromatic rings. The number of fused-ring (bicyclic) bond motifs is 2. The molecule has 1 aliphatic rings. The lowest BCUT2D eigenvalue weighted by molar-refractivity contribution is -0.121. The number of benzene rings is 1. The standard InChI is InChI=1S/C22H20FN5OS2/c1-2-20(29)27-13-5-3-12(4-6-13)18-7-14-21(24-10-25-22(14)31-18)28-16-9-17-19(8-15(16)23)30-11-26-17/h3,7-11,13H,2,4-6H2,1H3,(H,27,29)(H,24,25,28). The Labute approximate surface area is 186 Å². The van der Waals surface area contributed by atoms with Gasteiger partial charge >= 0.3 is 0 Å². The highest BCUT2D eigenvalue weighted by molar-refractivity contribution is 7.19. The van der Waals surface area contributed by atoms with E-state index < -0.39 is 0 Å². The summed E-state index contributed by atoms with van der Waals surface area (Å²) in [5, 5.41) is 7.06. The molecular formula is C22H20FN5OS2. The Morgan fingerprint density at radius 3 is 2.97 bits per heavy atom. The van der Waals surface area contributed by atoms with Gasteiger partial charge in [0, 0.05) is 17.3 Å². The summed E-state index contributed by atoms with van der Waals surface area (Å²) in [4.78, 5) is 26.7. The molecule has 31 heavy (non-hydrogen) atoms. The molecule has 0 fully saturated rings. The summed E-state index contributed by atoms with van der Waals surface area (Å²) in [5.74, 6) is 0.331. The fourth-order valence-electron chi connectivity index (χ4n) is 3.73. The number of hydrogen-bond acceptors (Lipinski definition) is 7. The van der Waals surface area contributed by atoms with Gasteiger partial charge in [-0.1, -0.05) is 13.0 Å². The molecule has 0 saturated carbocycles. The summed E-state index contributed by atoms with van der Waals surface area (Å²) >= 11 is 3.02. The van der Waals surface area contributed by atoms with Gasteiger partial charge in [-0.05, 0) is 43.0 Å². The number of thiazole rings is 1. The third-order valence-electron chi connectivity index (χ3n) is 5.42. The summed E-state index contributed by atoms with van der Waals surface area (Å²) in [6.45, 7) is 1.87. The van der Waals surface area contributed by atoms with Crippen LogP contribution in [0.5, 0.6) is 0 Å². The van der Waals surface area contributed by atoms with Crippen LogP contribution in [0.1, 0.15) is 37.5 Å². The number of hydrogen-bond donors (Lipinski definition) is 2. The normalized spacial score (nSPS) is 16.5. The van der Waals surface area contributed by atoms with Crippen molar-refractivity contribution in [3.05, 3.63) is 46.8 Å². The van der Waals surface area contributed by atoms with Gasteiger partial charge in [0.05, 0.1) is 26.8 Å². The van der Waals surface area contributed by atoms with Gasteiger partial charge in [0.25, 0.3) is 0 Å². The number of carbonyl (C=O) groups is 1. The predicted octanol–water partition coefficient (Wildman–Crippen LogP) is 5.65. The molecule has 3 heterocycles. The molecule has 3 aromatic heterocycles. The lowest BCUT2D eigenvalue weighted by Gasteiger charge is -2.22. The van der Waals surface area contributed by atoms with Crippen molar-refractivity contribution in [2.24, 2.45) is 0 Å². The first-order valence-corrected chi connectivity index (χ1v) is 11.8. The highest BCUT2D eigenvalue weighted by Gasteiger charge is 2.19. The van der Waals surface area contributed by atoms with Crippen molar-refractivity contribution in [1.82, 2.24) is 20.3 Å².